The lowest BCUT2D eigenvalue weighted by Crippen LogP contribution is -2.05. The lowest BCUT2D eigenvalue weighted by Gasteiger charge is -2.09. The number of benzene rings is 2. The van der Waals surface area contributed by atoms with Crippen LogP contribution in [0.2, 0.25) is 0 Å². The Morgan fingerprint density at radius 1 is 1.11 bits per heavy atom. The van der Waals surface area contributed by atoms with E-state index in [1.807, 2.05) is 12.1 Å². The summed E-state index contributed by atoms with van der Waals surface area (Å²) in [6.45, 7) is 4.95. The summed E-state index contributed by atoms with van der Waals surface area (Å²) in [5.41, 5.74) is 11.9. The number of hydrogen-bond donors (Lipinski definition) is 1. The fourth-order valence-corrected chi connectivity index (χ4v) is 2.54. The Bertz CT molecular complexity index is 741. The summed E-state index contributed by atoms with van der Waals surface area (Å²) in [7, 11) is 0. The van der Waals surface area contributed by atoms with E-state index in [9.17, 15) is 0 Å². The van der Waals surface area contributed by atoms with Gasteiger partial charge in [0.2, 0.25) is 5.95 Å². The maximum atomic E-state index is 6.06. The lowest BCUT2D eigenvalue weighted by molar-refractivity contribution is 0.835. The van der Waals surface area contributed by atoms with Gasteiger partial charge >= 0.3 is 0 Å². The van der Waals surface area contributed by atoms with Gasteiger partial charge in [-0.2, -0.15) is 0 Å². The van der Waals surface area contributed by atoms with Gasteiger partial charge in [-0.3, -0.25) is 0 Å². The van der Waals surface area contributed by atoms with Crippen LogP contribution in [0.15, 0.2) is 42.5 Å². The zero-order valence-corrected chi connectivity index (χ0v) is 11.2. The topological polar surface area (TPSA) is 43.8 Å². The molecule has 0 unspecified atom stereocenters. The molecule has 3 nitrogen and oxygen atoms in total. The van der Waals surface area contributed by atoms with E-state index in [4.69, 9.17) is 5.73 Å². The molecule has 0 aliphatic carbocycles. The van der Waals surface area contributed by atoms with Gasteiger partial charge < -0.3 is 10.3 Å². The molecule has 0 saturated heterocycles. The zero-order chi connectivity index (χ0) is 13.4. The number of nitrogen functional groups attached to an aromatic ring is 1. The summed E-state index contributed by atoms with van der Waals surface area (Å²) < 4.78 is 2.08. The highest BCUT2D eigenvalue weighted by molar-refractivity contribution is 5.81. The van der Waals surface area contributed by atoms with Crippen LogP contribution in [-0.4, -0.2) is 9.55 Å². The van der Waals surface area contributed by atoms with E-state index >= 15 is 0 Å². The average molecular weight is 251 g/mol. The molecule has 1 aromatic heterocycles. The zero-order valence-electron chi connectivity index (χ0n) is 11.2. The maximum Gasteiger partial charge on any atom is 0.201 e. The van der Waals surface area contributed by atoms with Gasteiger partial charge in [0, 0.05) is 0 Å². The van der Waals surface area contributed by atoms with Gasteiger partial charge in [-0.15, -0.1) is 0 Å². The van der Waals surface area contributed by atoms with Gasteiger partial charge in [0.15, 0.2) is 0 Å². The van der Waals surface area contributed by atoms with Crippen molar-refractivity contribution in [1.29, 1.82) is 0 Å². The van der Waals surface area contributed by atoms with Crippen molar-refractivity contribution in [2.75, 3.05) is 5.73 Å². The third-order valence-electron chi connectivity index (χ3n) is 3.42. The van der Waals surface area contributed by atoms with Crippen molar-refractivity contribution in [3.63, 3.8) is 0 Å². The monoisotopic (exact) mass is 251 g/mol. The molecule has 0 amide bonds. The van der Waals surface area contributed by atoms with Crippen molar-refractivity contribution in [1.82, 2.24) is 9.55 Å². The van der Waals surface area contributed by atoms with Crippen LogP contribution < -0.4 is 5.73 Å². The van der Waals surface area contributed by atoms with Crippen LogP contribution in [0, 0.1) is 13.8 Å². The van der Waals surface area contributed by atoms with Crippen LogP contribution >= 0.6 is 0 Å². The Kier molecular flexibility index (Phi) is 2.75. The molecule has 0 spiro atoms. The Morgan fingerprint density at radius 3 is 2.68 bits per heavy atom. The minimum atomic E-state index is 0.575. The number of aromatic nitrogens is 2. The van der Waals surface area contributed by atoms with Crippen molar-refractivity contribution in [3.05, 3.63) is 59.2 Å². The van der Waals surface area contributed by atoms with Crippen LogP contribution in [-0.2, 0) is 6.54 Å². The molecule has 3 heteroatoms. The van der Waals surface area contributed by atoms with Gasteiger partial charge in [0.1, 0.15) is 0 Å². The first-order valence-electron chi connectivity index (χ1n) is 6.42. The number of hydrogen-bond acceptors (Lipinski definition) is 2. The predicted molar refractivity (Wildman–Crippen MR) is 79.2 cm³/mol. The molecule has 0 aliphatic heterocycles. The van der Waals surface area contributed by atoms with Crippen LogP contribution in [0.25, 0.3) is 11.0 Å². The Hall–Kier alpha value is -2.29. The third kappa shape index (κ3) is 2.08. The summed E-state index contributed by atoms with van der Waals surface area (Å²) >= 11 is 0. The molecule has 0 atom stereocenters. The van der Waals surface area contributed by atoms with Gasteiger partial charge in [-0.05, 0) is 31.0 Å². The number of imidazole rings is 1. The summed E-state index contributed by atoms with van der Waals surface area (Å²) in [5.74, 6) is 0.575. The Morgan fingerprint density at radius 2 is 1.89 bits per heavy atom. The molecule has 3 aromatic rings. The molecule has 2 aromatic carbocycles. The van der Waals surface area contributed by atoms with Crippen LogP contribution in [0.3, 0.4) is 0 Å². The molecule has 0 fully saturated rings. The van der Waals surface area contributed by atoms with Crippen molar-refractivity contribution in [3.8, 4) is 0 Å². The SMILES string of the molecule is Cc1cccc(Cn2c(N)nc3cccc(C)c32)c1. The molecule has 3 rings (SSSR count). The Balaban J connectivity index is 2.12. The number of para-hydroxylation sites is 1. The largest absolute Gasteiger partial charge is 0.369 e. The van der Waals surface area contributed by atoms with E-state index in [-0.39, 0.29) is 0 Å². The molecule has 1 heterocycles. The normalized spacial score (nSPS) is 11.1. The van der Waals surface area contributed by atoms with Crippen molar-refractivity contribution in [2.45, 2.75) is 20.4 Å². The molecule has 19 heavy (non-hydrogen) atoms. The molecule has 0 radical (unpaired) electrons. The Labute approximate surface area is 112 Å². The second-order valence-corrected chi connectivity index (χ2v) is 4.99. The summed E-state index contributed by atoms with van der Waals surface area (Å²) in [6, 6.07) is 14.6. The first-order chi connectivity index (χ1) is 9.15. The van der Waals surface area contributed by atoms with Crippen LogP contribution in [0.4, 0.5) is 5.95 Å². The summed E-state index contributed by atoms with van der Waals surface area (Å²) in [5, 5.41) is 0. The van der Waals surface area contributed by atoms with Gasteiger partial charge in [-0.1, -0.05) is 42.0 Å². The van der Waals surface area contributed by atoms with E-state index in [0.29, 0.717) is 5.95 Å². The fraction of sp³-hybridized carbons (Fsp3) is 0.188. The second kappa shape index (κ2) is 4.43. The third-order valence-corrected chi connectivity index (χ3v) is 3.42. The first kappa shape index (κ1) is 11.8. The second-order valence-electron chi connectivity index (χ2n) is 4.99. The summed E-state index contributed by atoms with van der Waals surface area (Å²) in [6.07, 6.45) is 0. The predicted octanol–water partition coefficient (Wildman–Crippen LogP) is 3.28. The fourth-order valence-electron chi connectivity index (χ4n) is 2.54. The molecule has 96 valence electrons. The van der Waals surface area contributed by atoms with E-state index in [0.717, 1.165) is 17.6 Å². The number of rotatable bonds is 2. The van der Waals surface area contributed by atoms with Crippen LogP contribution in [0.1, 0.15) is 16.7 Å². The number of nitrogens with two attached hydrogens (primary N) is 1. The quantitative estimate of drug-likeness (QED) is 0.759. The highest BCUT2D eigenvalue weighted by Crippen LogP contribution is 2.22. The number of fused-ring (bicyclic) bond motifs is 1. The smallest absolute Gasteiger partial charge is 0.201 e. The van der Waals surface area contributed by atoms with E-state index in [2.05, 4.69) is 53.7 Å². The van der Waals surface area contributed by atoms with Crippen LogP contribution in [0.5, 0.6) is 0 Å². The molecule has 0 saturated carbocycles. The number of nitrogens with zero attached hydrogens (tertiary/aromatic N) is 2. The first-order valence-corrected chi connectivity index (χ1v) is 6.42. The van der Waals surface area contributed by atoms with Crippen molar-refractivity contribution < 1.29 is 0 Å². The molecule has 2 N–H and O–H groups in total. The number of aryl methyl sites for hydroxylation is 2. The number of anilines is 1. The van der Waals surface area contributed by atoms with E-state index in [1.165, 1.54) is 16.7 Å². The molecule has 0 aliphatic rings. The van der Waals surface area contributed by atoms with Gasteiger partial charge in [0.05, 0.1) is 17.6 Å². The maximum absolute atomic E-state index is 6.06. The van der Waals surface area contributed by atoms with E-state index < -0.39 is 0 Å². The average Bonchev–Trinajstić information content (AvgIpc) is 2.67. The summed E-state index contributed by atoms with van der Waals surface area (Å²) in [4.78, 5) is 4.43. The van der Waals surface area contributed by atoms with Gasteiger partial charge in [-0.25, -0.2) is 4.98 Å². The molecular formula is C16H17N3. The minimum Gasteiger partial charge on any atom is -0.369 e. The molecule has 0 bridgehead atoms. The lowest BCUT2D eigenvalue weighted by atomic mass is 10.1. The van der Waals surface area contributed by atoms with Crippen molar-refractivity contribution in [2.24, 2.45) is 0 Å². The highest BCUT2D eigenvalue weighted by Gasteiger charge is 2.10. The van der Waals surface area contributed by atoms with Gasteiger partial charge in [0.25, 0.3) is 0 Å². The van der Waals surface area contributed by atoms with E-state index in [1.54, 1.807) is 0 Å². The highest BCUT2D eigenvalue weighted by atomic mass is 15.1. The molecular weight excluding hydrogens is 234 g/mol. The minimum absolute atomic E-state index is 0.575. The van der Waals surface area contributed by atoms with Crippen molar-refractivity contribution >= 4 is 17.0 Å². The standard InChI is InChI=1S/C16H17N3/c1-11-5-3-7-13(9-11)10-19-15-12(2)6-4-8-14(15)18-16(19)17/h3-9H,10H2,1-2H3,(H2,17,18).